The molecule has 10 heavy (non-hydrogen) atoms. The molecule has 1 aliphatic rings. The quantitative estimate of drug-likeness (QED) is 0.565. The number of hydrogen-bond donors (Lipinski definition) is 1. The summed E-state index contributed by atoms with van der Waals surface area (Å²) in [5.74, 6) is 0. The zero-order valence-electron chi connectivity index (χ0n) is 7.13. The van der Waals surface area contributed by atoms with Crippen molar-refractivity contribution in [3.8, 4) is 0 Å². The Kier molecular flexibility index (Phi) is 5.64. The fourth-order valence-electron chi connectivity index (χ4n) is 0.984. The minimum Gasteiger partial charge on any atom is -0.368 e. The van der Waals surface area contributed by atoms with Crippen LogP contribution in [0.25, 0.3) is 0 Å². The molecule has 0 saturated carbocycles. The van der Waals surface area contributed by atoms with Gasteiger partial charge in [-0.1, -0.05) is 13.8 Å². The summed E-state index contributed by atoms with van der Waals surface area (Å²) >= 11 is 0. The van der Waals surface area contributed by atoms with Gasteiger partial charge in [0.15, 0.2) is 6.29 Å². The zero-order valence-corrected chi connectivity index (χ0v) is 7.13. The van der Waals surface area contributed by atoms with E-state index in [-0.39, 0.29) is 6.10 Å². The van der Waals surface area contributed by atoms with E-state index in [2.05, 4.69) is 0 Å². The lowest BCUT2D eigenvalue weighted by Crippen LogP contribution is -2.24. The van der Waals surface area contributed by atoms with Crippen molar-refractivity contribution < 1.29 is 9.84 Å². The molecule has 1 heterocycles. The molecule has 0 aromatic carbocycles. The van der Waals surface area contributed by atoms with Crippen LogP contribution in [0.1, 0.15) is 40.0 Å². The van der Waals surface area contributed by atoms with Gasteiger partial charge in [0.1, 0.15) is 0 Å². The van der Waals surface area contributed by atoms with Gasteiger partial charge in [0, 0.05) is 0 Å². The van der Waals surface area contributed by atoms with Crippen molar-refractivity contribution in [2.45, 2.75) is 52.4 Å². The molecule has 1 saturated heterocycles. The topological polar surface area (TPSA) is 29.5 Å². The zero-order chi connectivity index (χ0) is 7.98. The maximum atomic E-state index is 8.86. The Hall–Kier alpha value is -0.0800. The Bertz CT molecular complexity index is 65.7. The van der Waals surface area contributed by atoms with Gasteiger partial charge in [0.25, 0.3) is 0 Å². The first-order chi connectivity index (χ1) is 4.79. The second-order valence-electron chi connectivity index (χ2n) is 2.33. The molecule has 1 aliphatic heterocycles. The van der Waals surface area contributed by atoms with E-state index in [1.807, 2.05) is 20.8 Å². The lowest BCUT2D eigenvalue weighted by molar-refractivity contribution is -0.156. The molecule has 0 bridgehead atoms. The predicted molar refractivity (Wildman–Crippen MR) is 41.8 cm³/mol. The molecule has 0 amide bonds. The molecule has 62 valence electrons. The molecule has 0 radical (unpaired) electrons. The smallest absolute Gasteiger partial charge is 0.154 e. The molecule has 1 fully saturated rings. The van der Waals surface area contributed by atoms with Gasteiger partial charge in [0.05, 0.1) is 6.10 Å². The molecule has 0 aliphatic carbocycles. The van der Waals surface area contributed by atoms with E-state index in [1.54, 1.807) is 0 Å². The number of aliphatic hydroxyl groups excluding tert-OH is 1. The van der Waals surface area contributed by atoms with Gasteiger partial charge >= 0.3 is 0 Å². The highest BCUT2D eigenvalue weighted by Gasteiger charge is 2.15. The highest BCUT2D eigenvalue weighted by molar-refractivity contribution is 4.59. The van der Waals surface area contributed by atoms with Crippen LogP contribution in [0.4, 0.5) is 0 Å². The van der Waals surface area contributed by atoms with E-state index in [9.17, 15) is 0 Å². The molecule has 0 unspecified atom stereocenters. The molecular formula is C8H18O2. The summed E-state index contributed by atoms with van der Waals surface area (Å²) in [6.07, 6.45) is 2.78. The maximum Gasteiger partial charge on any atom is 0.154 e. The van der Waals surface area contributed by atoms with E-state index in [4.69, 9.17) is 9.84 Å². The average Bonchev–Trinajstić information content (AvgIpc) is 1.91. The summed E-state index contributed by atoms with van der Waals surface area (Å²) in [5, 5.41) is 8.86. The van der Waals surface area contributed by atoms with Crippen molar-refractivity contribution in [2.24, 2.45) is 0 Å². The van der Waals surface area contributed by atoms with Crippen LogP contribution in [0.5, 0.6) is 0 Å². The van der Waals surface area contributed by atoms with Gasteiger partial charge in [-0.15, -0.1) is 0 Å². The number of aliphatic hydroxyl groups is 1. The van der Waals surface area contributed by atoms with Crippen LogP contribution in [0, 0.1) is 0 Å². The third-order valence-corrected chi connectivity index (χ3v) is 1.45. The Balaban J connectivity index is 0.000000371. The first-order valence-electron chi connectivity index (χ1n) is 4.12. The molecule has 1 rings (SSSR count). The monoisotopic (exact) mass is 146 g/mol. The lowest BCUT2D eigenvalue weighted by Gasteiger charge is -2.23. The van der Waals surface area contributed by atoms with Crippen LogP contribution in [0.3, 0.4) is 0 Å². The van der Waals surface area contributed by atoms with Crippen LogP contribution in [-0.2, 0) is 4.74 Å². The highest BCUT2D eigenvalue weighted by Crippen LogP contribution is 2.15. The summed E-state index contributed by atoms with van der Waals surface area (Å²) in [7, 11) is 0. The van der Waals surface area contributed by atoms with Crippen molar-refractivity contribution >= 4 is 0 Å². The fourth-order valence-corrected chi connectivity index (χ4v) is 0.984. The summed E-state index contributed by atoms with van der Waals surface area (Å²) in [5.41, 5.74) is 0. The molecular weight excluding hydrogens is 128 g/mol. The average molecular weight is 146 g/mol. The number of ether oxygens (including phenoxy) is 1. The Labute approximate surface area is 63.2 Å². The largest absolute Gasteiger partial charge is 0.368 e. The molecule has 0 spiro atoms. The highest BCUT2D eigenvalue weighted by atomic mass is 16.6. The summed E-state index contributed by atoms with van der Waals surface area (Å²) in [4.78, 5) is 0. The van der Waals surface area contributed by atoms with Gasteiger partial charge in [-0.25, -0.2) is 0 Å². The molecule has 2 heteroatoms. The van der Waals surface area contributed by atoms with Gasteiger partial charge < -0.3 is 9.84 Å². The number of hydrogen-bond acceptors (Lipinski definition) is 2. The predicted octanol–water partition coefficient (Wildman–Crippen LogP) is 1.92. The summed E-state index contributed by atoms with van der Waals surface area (Å²) in [6, 6.07) is 0. The minimum atomic E-state index is -0.487. The SMILES string of the molecule is CC.C[C@@H]1CCC[C@H](O)O1. The van der Waals surface area contributed by atoms with Crippen LogP contribution in [0.2, 0.25) is 0 Å². The molecule has 2 nitrogen and oxygen atoms in total. The fraction of sp³-hybridized carbons (Fsp3) is 1.00. The molecule has 2 atom stereocenters. The van der Waals surface area contributed by atoms with E-state index in [0.717, 1.165) is 19.3 Å². The Morgan fingerprint density at radius 3 is 2.20 bits per heavy atom. The second-order valence-corrected chi connectivity index (χ2v) is 2.33. The molecule has 0 aromatic heterocycles. The van der Waals surface area contributed by atoms with Crippen molar-refractivity contribution in [3.05, 3.63) is 0 Å². The van der Waals surface area contributed by atoms with Crippen molar-refractivity contribution in [1.82, 2.24) is 0 Å². The van der Waals surface area contributed by atoms with Crippen LogP contribution in [-0.4, -0.2) is 17.5 Å². The van der Waals surface area contributed by atoms with Crippen molar-refractivity contribution in [1.29, 1.82) is 0 Å². The lowest BCUT2D eigenvalue weighted by atomic mass is 10.1. The standard InChI is InChI=1S/C6H12O2.C2H6/c1-5-3-2-4-6(7)8-5;1-2/h5-7H,2-4H2,1H3;1-2H3/t5-,6-;/m1./s1. The van der Waals surface area contributed by atoms with Crippen LogP contribution in [0.15, 0.2) is 0 Å². The van der Waals surface area contributed by atoms with E-state index in [1.165, 1.54) is 0 Å². The van der Waals surface area contributed by atoms with Gasteiger partial charge in [0.2, 0.25) is 0 Å². The minimum absolute atomic E-state index is 0.263. The van der Waals surface area contributed by atoms with Crippen molar-refractivity contribution in [3.63, 3.8) is 0 Å². The normalized spacial score (nSPS) is 32.4. The second kappa shape index (κ2) is 5.69. The third kappa shape index (κ3) is 3.85. The summed E-state index contributed by atoms with van der Waals surface area (Å²) < 4.78 is 5.04. The van der Waals surface area contributed by atoms with Gasteiger partial charge in [-0.2, -0.15) is 0 Å². The third-order valence-electron chi connectivity index (χ3n) is 1.45. The van der Waals surface area contributed by atoms with E-state index in [0.29, 0.717) is 0 Å². The summed E-state index contributed by atoms with van der Waals surface area (Å²) in [6.45, 7) is 5.99. The van der Waals surface area contributed by atoms with Gasteiger partial charge in [-0.3, -0.25) is 0 Å². The molecule has 0 aromatic rings. The number of rotatable bonds is 0. The van der Waals surface area contributed by atoms with Crippen molar-refractivity contribution in [2.75, 3.05) is 0 Å². The van der Waals surface area contributed by atoms with E-state index >= 15 is 0 Å². The maximum absolute atomic E-state index is 8.86. The van der Waals surface area contributed by atoms with Crippen LogP contribution >= 0.6 is 0 Å². The van der Waals surface area contributed by atoms with E-state index < -0.39 is 6.29 Å². The Morgan fingerprint density at radius 2 is 1.90 bits per heavy atom. The first kappa shape index (κ1) is 9.92. The Morgan fingerprint density at radius 1 is 1.30 bits per heavy atom. The van der Waals surface area contributed by atoms with Crippen LogP contribution < -0.4 is 0 Å². The first-order valence-corrected chi connectivity index (χ1v) is 4.12. The van der Waals surface area contributed by atoms with Gasteiger partial charge in [-0.05, 0) is 26.2 Å². The molecule has 1 N–H and O–H groups in total.